The van der Waals surface area contributed by atoms with Crippen LogP contribution in [0.4, 0.5) is 5.69 Å². The summed E-state index contributed by atoms with van der Waals surface area (Å²) in [5.41, 5.74) is 4.03. The number of amides is 2. The summed E-state index contributed by atoms with van der Waals surface area (Å²) < 4.78 is 30.1. The molecule has 0 saturated heterocycles. The first kappa shape index (κ1) is 33.9. The Hall–Kier alpha value is -3.95. The van der Waals surface area contributed by atoms with Gasteiger partial charge in [-0.15, -0.1) is 0 Å². The van der Waals surface area contributed by atoms with Crippen LogP contribution in [-0.2, 0) is 32.6 Å². The molecular formula is C36H40BrN3O4S. The standard InChI is InChI=1S/C36H40BrN3O4S/c1-5-28(4)38-36(42)34(22-29-10-7-6-8-11-29)39(24-30-18-14-26(2)15-19-30)35(41)25-40(32-13-9-12-31(37)23-32)45(43,44)33-20-16-27(3)17-21-33/h6-21,23,28,34H,5,22,24-25H2,1-4H3,(H,38,42)/t28-,34+/m1/s1. The van der Waals surface area contributed by atoms with E-state index in [2.05, 4.69) is 21.2 Å². The second kappa shape index (κ2) is 15.4. The number of nitrogens with one attached hydrogen (secondary N) is 1. The summed E-state index contributed by atoms with van der Waals surface area (Å²) in [5.74, 6) is -0.782. The molecule has 4 aromatic rings. The normalized spacial score (nSPS) is 12.6. The van der Waals surface area contributed by atoms with Crippen molar-refractivity contribution in [2.24, 2.45) is 0 Å². The van der Waals surface area contributed by atoms with Crippen LogP contribution in [0.25, 0.3) is 0 Å². The van der Waals surface area contributed by atoms with Crippen molar-refractivity contribution in [3.63, 3.8) is 0 Å². The third-order valence-electron chi connectivity index (χ3n) is 7.73. The maximum absolute atomic E-state index is 14.5. The number of aryl methyl sites for hydroxylation is 2. The maximum Gasteiger partial charge on any atom is 0.264 e. The van der Waals surface area contributed by atoms with Crippen LogP contribution in [0.2, 0.25) is 0 Å². The average molecular weight is 691 g/mol. The van der Waals surface area contributed by atoms with Crippen molar-refractivity contribution in [3.8, 4) is 0 Å². The van der Waals surface area contributed by atoms with E-state index in [0.29, 0.717) is 10.2 Å². The molecule has 45 heavy (non-hydrogen) atoms. The van der Waals surface area contributed by atoms with Crippen LogP contribution in [0, 0.1) is 13.8 Å². The molecule has 0 spiro atoms. The first-order chi connectivity index (χ1) is 21.5. The van der Waals surface area contributed by atoms with Gasteiger partial charge in [0.15, 0.2) is 0 Å². The monoisotopic (exact) mass is 689 g/mol. The molecule has 2 amide bonds. The van der Waals surface area contributed by atoms with Crippen LogP contribution in [0.5, 0.6) is 0 Å². The zero-order valence-corrected chi connectivity index (χ0v) is 28.5. The van der Waals surface area contributed by atoms with E-state index in [1.165, 1.54) is 4.90 Å². The van der Waals surface area contributed by atoms with E-state index in [4.69, 9.17) is 0 Å². The molecule has 0 bridgehead atoms. The number of carbonyl (C=O) groups is 2. The van der Waals surface area contributed by atoms with Gasteiger partial charge in [0.2, 0.25) is 11.8 Å². The van der Waals surface area contributed by atoms with E-state index in [1.807, 2.05) is 82.3 Å². The topological polar surface area (TPSA) is 86.8 Å². The number of carbonyl (C=O) groups excluding carboxylic acids is 2. The average Bonchev–Trinajstić information content (AvgIpc) is 3.02. The van der Waals surface area contributed by atoms with Crippen LogP contribution in [0.15, 0.2) is 112 Å². The Morgan fingerprint density at radius 1 is 0.822 bits per heavy atom. The molecule has 0 radical (unpaired) electrons. The van der Waals surface area contributed by atoms with Crippen LogP contribution >= 0.6 is 15.9 Å². The quantitative estimate of drug-likeness (QED) is 0.167. The van der Waals surface area contributed by atoms with Crippen molar-refractivity contribution in [3.05, 3.63) is 130 Å². The van der Waals surface area contributed by atoms with E-state index >= 15 is 0 Å². The van der Waals surface area contributed by atoms with Gasteiger partial charge in [-0.05, 0) is 68.7 Å². The molecule has 7 nitrogen and oxygen atoms in total. The summed E-state index contributed by atoms with van der Waals surface area (Å²) in [6, 6.07) is 29.7. The number of hydrogen-bond donors (Lipinski definition) is 1. The summed E-state index contributed by atoms with van der Waals surface area (Å²) in [6.45, 7) is 7.40. The second-order valence-electron chi connectivity index (χ2n) is 11.3. The van der Waals surface area contributed by atoms with Crippen molar-refractivity contribution in [1.82, 2.24) is 10.2 Å². The maximum atomic E-state index is 14.5. The van der Waals surface area contributed by atoms with E-state index in [9.17, 15) is 18.0 Å². The molecule has 0 fully saturated rings. The summed E-state index contributed by atoms with van der Waals surface area (Å²) in [5, 5.41) is 3.06. The minimum atomic E-state index is -4.16. The highest BCUT2D eigenvalue weighted by Gasteiger charge is 2.35. The molecule has 9 heteroatoms. The summed E-state index contributed by atoms with van der Waals surface area (Å²) in [7, 11) is -4.16. The first-order valence-electron chi connectivity index (χ1n) is 15.0. The van der Waals surface area contributed by atoms with Crippen LogP contribution < -0.4 is 9.62 Å². The van der Waals surface area contributed by atoms with Gasteiger partial charge < -0.3 is 10.2 Å². The Bertz CT molecular complexity index is 1690. The largest absolute Gasteiger partial charge is 0.352 e. The summed E-state index contributed by atoms with van der Waals surface area (Å²) >= 11 is 3.45. The van der Waals surface area contributed by atoms with Crippen molar-refractivity contribution in [2.75, 3.05) is 10.8 Å². The van der Waals surface area contributed by atoms with Gasteiger partial charge in [0.05, 0.1) is 10.6 Å². The molecule has 0 aliphatic rings. The molecule has 0 aliphatic heterocycles. The Labute approximate surface area is 275 Å². The fraction of sp³-hybridized carbons (Fsp3) is 0.278. The van der Waals surface area contributed by atoms with Crippen molar-refractivity contribution >= 4 is 43.5 Å². The summed E-state index contributed by atoms with van der Waals surface area (Å²) in [6.07, 6.45) is 0.990. The molecule has 0 unspecified atom stereocenters. The van der Waals surface area contributed by atoms with Gasteiger partial charge >= 0.3 is 0 Å². The highest BCUT2D eigenvalue weighted by atomic mass is 79.9. The third-order valence-corrected chi connectivity index (χ3v) is 10.0. The van der Waals surface area contributed by atoms with E-state index in [-0.39, 0.29) is 29.8 Å². The van der Waals surface area contributed by atoms with E-state index in [0.717, 1.165) is 33.0 Å². The Kier molecular flexibility index (Phi) is 11.6. The number of anilines is 1. The Balaban J connectivity index is 1.80. The third kappa shape index (κ3) is 9.05. The molecule has 0 aliphatic carbocycles. The Morgan fingerprint density at radius 3 is 2.04 bits per heavy atom. The number of nitrogens with zero attached hydrogens (tertiary/aromatic N) is 2. The van der Waals surface area contributed by atoms with Crippen LogP contribution in [0.3, 0.4) is 0 Å². The fourth-order valence-electron chi connectivity index (χ4n) is 4.88. The number of sulfonamides is 1. The van der Waals surface area contributed by atoms with Gasteiger partial charge in [-0.2, -0.15) is 0 Å². The van der Waals surface area contributed by atoms with Gasteiger partial charge in [-0.3, -0.25) is 13.9 Å². The molecule has 4 aromatic carbocycles. The van der Waals surface area contributed by atoms with E-state index in [1.54, 1.807) is 48.5 Å². The summed E-state index contributed by atoms with van der Waals surface area (Å²) in [4.78, 5) is 30.0. The van der Waals surface area contributed by atoms with Crippen molar-refractivity contribution in [2.45, 2.75) is 64.1 Å². The first-order valence-corrected chi connectivity index (χ1v) is 17.3. The lowest BCUT2D eigenvalue weighted by Gasteiger charge is -2.34. The Morgan fingerprint density at radius 2 is 1.44 bits per heavy atom. The highest BCUT2D eigenvalue weighted by Crippen LogP contribution is 2.27. The molecule has 0 saturated carbocycles. The van der Waals surface area contributed by atoms with Gasteiger partial charge in [0, 0.05) is 23.5 Å². The molecule has 236 valence electrons. The zero-order valence-electron chi connectivity index (χ0n) is 26.1. The number of rotatable bonds is 13. The molecule has 2 atom stereocenters. The highest BCUT2D eigenvalue weighted by molar-refractivity contribution is 9.10. The van der Waals surface area contributed by atoms with Crippen LogP contribution in [0.1, 0.15) is 42.5 Å². The zero-order chi connectivity index (χ0) is 32.6. The van der Waals surface area contributed by atoms with Crippen LogP contribution in [-0.4, -0.2) is 43.8 Å². The van der Waals surface area contributed by atoms with Gasteiger partial charge in [0.1, 0.15) is 12.6 Å². The number of hydrogen-bond acceptors (Lipinski definition) is 4. The molecule has 0 heterocycles. The lowest BCUT2D eigenvalue weighted by molar-refractivity contribution is -0.140. The minimum absolute atomic E-state index is 0.0707. The minimum Gasteiger partial charge on any atom is -0.352 e. The fourth-order valence-corrected chi connectivity index (χ4v) is 6.68. The smallest absolute Gasteiger partial charge is 0.264 e. The number of halogens is 1. The van der Waals surface area contributed by atoms with Crippen molar-refractivity contribution < 1.29 is 18.0 Å². The number of benzene rings is 4. The lowest BCUT2D eigenvalue weighted by atomic mass is 10.0. The molecule has 1 N–H and O–H groups in total. The van der Waals surface area contributed by atoms with Gasteiger partial charge in [0.25, 0.3) is 10.0 Å². The second-order valence-corrected chi connectivity index (χ2v) is 14.1. The van der Waals surface area contributed by atoms with E-state index < -0.39 is 28.5 Å². The SMILES string of the molecule is CC[C@@H](C)NC(=O)[C@H](Cc1ccccc1)N(Cc1ccc(C)cc1)C(=O)CN(c1cccc(Br)c1)S(=O)(=O)c1ccc(C)cc1. The predicted molar refractivity (Wildman–Crippen MR) is 183 cm³/mol. The molecular weight excluding hydrogens is 650 g/mol. The lowest BCUT2D eigenvalue weighted by Crippen LogP contribution is -2.54. The van der Waals surface area contributed by atoms with Gasteiger partial charge in [-0.25, -0.2) is 8.42 Å². The van der Waals surface area contributed by atoms with Gasteiger partial charge in [-0.1, -0.05) is 107 Å². The molecule has 0 aromatic heterocycles. The predicted octanol–water partition coefficient (Wildman–Crippen LogP) is 6.82. The van der Waals surface area contributed by atoms with Crippen molar-refractivity contribution in [1.29, 1.82) is 0 Å². The molecule has 4 rings (SSSR count).